The summed E-state index contributed by atoms with van der Waals surface area (Å²) in [6.45, 7) is 7.42. The van der Waals surface area contributed by atoms with Gasteiger partial charge in [0.15, 0.2) is 0 Å². The van der Waals surface area contributed by atoms with Crippen molar-refractivity contribution in [1.29, 1.82) is 0 Å². The summed E-state index contributed by atoms with van der Waals surface area (Å²) in [7, 11) is -7.39. The molecule has 0 atom stereocenters. The van der Waals surface area contributed by atoms with Gasteiger partial charge < -0.3 is 0 Å². The van der Waals surface area contributed by atoms with Crippen LogP contribution in [-0.2, 0) is 37.5 Å². The third-order valence-corrected chi connectivity index (χ3v) is 3.35. The molecule has 0 aromatic heterocycles. The molecule has 0 bridgehead atoms. The van der Waals surface area contributed by atoms with Gasteiger partial charge in [-0.15, -0.1) is 0 Å². The number of hydrogen-bond donors (Lipinski definition) is 0. The van der Waals surface area contributed by atoms with E-state index < -0.39 is 20.8 Å². The molecule has 0 aliphatic rings. The van der Waals surface area contributed by atoms with Gasteiger partial charge in [-0.2, -0.15) is 16.8 Å². The molecule has 0 unspecified atom stereocenters. The van der Waals surface area contributed by atoms with Crippen LogP contribution in [0.1, 0.15) is 40.5 Å². The molecule has 10 heteroatoms. The quantitative estimate of drug-likeness (QED) is 0.589. The highest BCUT2D eigenvalue weighted by molar-refractivity contribution is 7.82. The lowest BCUT2D eigenvalue weighted by Gasteiger charge is -2.02. The molecule has 0 aliphatic carbocycles. The second-order valence-corrected chi connectivity index (χ2v) is 5.85. The molecule has 0 heterocycles. The van der Waals surface area contributed by atoms with E-state index in [4.69, 9.17) is 0 Å². The second kappa shape index (κ2) is 12.5. The Morgan fingerprint density at radius 3 is 1.15 bits per heavy atom. The van der Waals surface area contributed by atoms with Gasteiger partial charge in [0.05, 0.1) is 26.4 Å². The smallest absolute Gasteiger partial charge is 0.248 e. The van der Waals surface area contributed by atoms with E-state index in [9.17, 15) is 16.8 Å². The minimum Gasteiger partial charge on any atom is -0.248 e. The van der Waals surface area contributed by atoms with Gasteiger partial charge in [-0.25, -0.2) is 16.7 Å². The van der Waals surface area contributed by atoms with Crippen LogP contribution < -0.4 is 0 Å². The van der Waals surface area contributed by atoms with Crippen molar-refractivity contribution in [2.24, 2.45) is 0 Å². The van der Waals surface area contributed by atoms with E-state index in [0.29, 0.717) is 12.8 Å². The SMILES string of the molecule is CCCOS(=O)(=O)OCCC.CCOS(=O)(=O)OCC. The Hall–Kier alpha value is -0.260. The first-order valence-corrected chi connectivity index (χ1v) is 8.98. The monoisotopic (exact) mass is 336 g/mol. The largest absolute Gasteiger partial charge is 0.399 e. The zero-order valence-electron chi connectivity index (χ0n) is 12.3. The maximum Gasteiger partial charge on any atom is 0.399 e. The average molecular weight is 336 g/mol. The molecule has 0 amide bonds. The molecule has 0 rings (SSSR count). The minimum absolute atomic E-state index is 0.113. The molecule has 0 saturated carbocycles. The highest BCUT2D eigenvalue weighted by Gasteiger charge is 2.09. The predicted molar refractivity (Wildman–Crippen MR) is 73.6 cm³/mol. The first-order valence-electron chi connectivity index (χ1n) is 6.32. The number of rotatable bonds is 10. The number of hydrogen-bond acceptors (Lipinski definition) is 8. The van der Waals surface area contributed by atoms with Gasteiger partial charge in [0, 0.05) is 0 Å². The molecule has 0 spiro atoms. The molecule has 0 radical (unpaired) electrons. The molecule has 8 nitrogen and oxygen atoms in total. The Labute approximate surface area is 122 Å². The maximum atomic E-state index is 10.7. The van der Waals surface area contributed by atoms with E-state index in [2.05, 4.69) is 16.7 Å². The van der Waals surface area contributed by atoms with Crippen molar-refractivity contribution in [3.8, 4) is 0 Å². The van der Waals surface area contributed by atoms with Crippen molar-refractivity contribution in [2.45, 2.75) is 40.5 Å². The van der Waals surface area contributed by atoms with Gasteiger partial charge in [0.25, 0.3) is 0 Å². The summed E-state index contributed by atoms with van der Waals surface area (Å²) in [6, 6.07) is 0. The van der Waals surface area contributed by atoms with E-state index in [0.717, 1.165) is 0 Å². The van der Waals surface area contributed by atoms with E-state index in [1.54, 1.807) is 13.8 Å². The van der Waals surface area contributed by atoms with Crippen LogP contribution in [0.15, 0.2) is 0 Å². The first-order chi connectivity index (χ1) is 9.24. The molecule has 0 aromatic carbocycles. The Morgan fingerprint density at radius 2 is 0.900 bits per heavy atom. The average Bonchev–Trinajstić information content (AvgIpc) is 2.35. The van der Waals surface area contributed by atoms with Crippen LogP contribution in [0.5, 0.6) is 0 Å². The second-order valence-electron chi connectivity index (χ2n) is 3.27. The lowest BCUT2D eigenvalue weighted by atomic mass is 10.5. The Morgan fingerprint density at radius 1 is 0.600 bits per heavy atom. The normalized spacial score (nSPS) is 11.8. The van der Waals surface area contributed by atoms with Crippen LogP contribution in [0.25, 0.3) is 0 Å². The third-order valence-electron chi connectivity index (χ3n) is 1.39. The van der Waals surface area contributed by atoms with Gasteiger partial charge in [0.2, 0.25) is 0 Å². The van der Waals surface area contributed by atoms with Crippen LogP contribution in [0.4, 0.5) is 0 Å². The fraction of sp³-hybridized carbons (Fsp3) is 1.00. The Kier molecular flexibility index (Phi) is 13.7. The van der Waals surface area contributed by atoms with Crippen molar-refractivity contribution in [3.63, 3.8) is 0 Å². The molecular formula is C10H24O8S2. The lowest BCUT2D eigenvalue weighted by molar-refractivity contribution is 0.215. The summed E-state index contributed by atoms with van der Waals surface area (Å²) in [5, 5.41) is 0. The van der Waals surface area contributed by atoms with E-state index >= 15 is 0 Å². The van der Waals surface area contributed by atoms with E-state index in [1.165, 1.54) is 0 Å². The highest BCUT2D eigenvalue weighted by atomic mass is 32.3. The Balaban J connectivity index is 0. The fourth-order valence-corrected chi connectivity index (χ4v) is 2.18. The Bertz CT molecular complexity index is 375. The zero-order valence-corrected chi connectivity index (χ0v) is 14.0. The van der Waals surface area contributed by atoms with Crippen molar-refractivity contribution in [1.82, 2.24) is 0 Å². The lowest BCUT2D eigenvalue weighted by Crippen LogP contribution is -2.11. The van der Waals surface area contributed by atoms with Crippen LogP contribution in [0.3, 0.4) is 0 Å². The summed E-state index contributed by atoms with van der Waals surface area (Å²) in [5.41, 5.74) is 0. The minimum atomic E-state index is -3.71. The summed E-state index contributed by atoms with van der Waals surface area (Å²) < 4.78 is 59.5. The third kappa shape index (κ3) is 15.8. The molecule has 0 fully saturated rings. The molecule has 0 aliphatic heterocycles. The molecular weight excluding hydrogens is 312 g/mol. The van der Waals surface area contributed by atoms with E-state index in [1.807, 2.05) is 13.8 Å². The molecule has 0 N–H and O–H groups in total. The van der Waals surface area contributed by atoms with Crippen LogP contribution in [0.2, 0.25) is 0 Å². The summed E-state index contributed by atoms with van der Waals surface area (Å²) in [5.74, 6) is 0. The van der Waals surface area contributed by atoms with Gasteiger partial charge in [0.1, 0.15) is 0 Å². The predicted octanol–water partition coefficient (Wildman–Crippen LogP) is 1.39. The van der Waals surface area contributed by atoms with E-state index in [-0.39, 0.29) is 26.4 Å². The molecule has 0 saturated heterocycles. The van der Waals surface area contributed by atoms with Gasteiger partial charge in [-0.05, 0) is 26.7 Å². The summed E-state index contributed by atoms with van der Waals surface area (Å²) in [6.07, 6.45) is 1.32. The molecule has 0 aromatic rings. The molecule has 20 heavy (non-hydrogen) atoms. The fourth-order valence-electron chi connectivity index (χ4n) is 0.728. The first kappa shape index (κ1) is 22.0. The van der Waals surface area contributed by atoms with Crippen LogP contribution >= 0.6 is 0 Å². The zero-order chi connectivity index (χ0) is 16.1. The van der Waals surface area contributed by atoms with Crippen molar-refractivity contribution in [2.75, 3.05) is 26.4 Å². The van der Waals surface area contributed by atoms with Crippen LogP contribution in [-0.4, -0.2) is 43.3 Å². The highest BCUT2D eigenvalue weighted by Crippen LogP contribution is 1.97. The van der Waals surface area contributed by atoms with Crippen molar-refractivity contribution < 1.29 is 33.6 Å². The van der Waals surface area contributed by atoms with Crippen molar-refractivity contribution >= 4 is 20.8 Å². The topological polar surface area (TPSA) is 105 Å². The molecule has 124 valence electrons. The summed E-state index contributed by atoms with van der Waals surface area (Å²) in [4.78, 5) is 0. The maximum absolute atomic E-state index is 10.7. The van der Waals surface area contributed by atoms with Gasteiger partial charge >= 0.3 is 20.8 Å². The van der Waals surface area contributed by atoms with Gasteiger partial charge in [-0.1, -0.05) is 13.8 Å². The summed E-state index contributed by atoms with van der Waals surface area (Å²) >= 11 is 0. The standard InChI is InChI=1S/C6H14O4S.C4H10O4S/c1-3-5-9-11(7,8)10-6-4-2;1-3-7-9(5,6)8-4-2/h3-6H2,1-2H3;3-4H2,1-2H3. The van der Waals surface area contributed by atoms with Crippen molar-refractivity contribution in [3.05, 3.63) is 0 Å². The van der Waals surface area contributed by atoms with Crippen LogP contribution in [0, 0.1) is 0 Å². The van der Waals surface area contributed by atoms with Gasteiger partial charge in [-0.3, -0.25) is 0 Å².